The van der Waals surface area contributed by atoms with Crippen LogP contribution in [0.15, 0.2) is 12.4 Å². The number of methoxy groups -OCH3 is 1. The van der Waals surface area contributed by atoms with Crippen molar-refractivity contribution in [2.45, 2.75) is 19.5 Å². The fourth-order valence-electron chi connectivity index (χ4n) is 0.974. The first-order valence-corrected chi connectivity index (χ1v) is 4.03. The fourth-order valence-corrected chi connectivity index (χ4v) is 0.974. The van der Waals surface area contributed by atoms with Gasteiger partial charge in [-0.05, 0) is 6.92 Å². The van der Waals surface area contributed by atoms with Crippen LogP contribution in [0.5, 0.6) is 0 Å². The zero-order valence-corrected chi connectivity index (χ0v) is 7.50. The maximum atomic E-state index is 4.98. The van der Waals surface area contributed by atoms with Crippen molar-refractivity contribution in [3.63, 3.8) is 0 Å². The van der Waals surface area contributed by atoms with Crippen molar-refractivity contribution in [2.75, 3.05) is 13.7 Å². The maximum absolute atomic E-state index is 4.98. The van der Waals surface area contributed by atoms with Crippen molar-refractivity contribution in [3.8, 4) is 0 Å². The molecule has 1 aromatic heterocycles. The number of ether oxygens (including phenoxy) is 1. The van der Waals surface area contributed by atoms with Crippen LogP contribution in [0.25, 0.3) is 0 Å². The van der Waals surface area contributed by atoms with Gasteiger partial charge >= 0.3 is 0 Å². The quantitative estimate of drug-likeness (QED) is 0.676. The number of hydrogen-bond acceptors (Lipinski definition) is 3. The summed E-state index contributed by atoms with van der Waals surface area (Å²) in [4.78, 5) is 7.11. The summed E-state index contributed by atoms with van der Waals surface area (Å²) in [5.74, 6) is 0.956. The number of aromatic nitrogens is 2. The van der Waals surface area contributed by atoms with Gasteiger partial charge in [-0.25, -0.2) is 4.98 Å². The Hall–Kier alpha value is -0.870. The molecule has 4 heteroatoms. The molecule has 0 aliphatic heterocycles. The molecule has 4 nitrogen and oxygen atoms in total. The molecule has 0 bridgehead atoms. The first-order chi connectivity index (χ1) is 5.83. The van der Waals surface area contributed by atoms with E-state index in [0.717, 1.165) is 19.0 Å². The lowest BCUT2D eigenvalue weighted by molar-refractivity contribution is 0.171. The highest BCUT2D eigenvalue weighted by molar-refractivity contribution is 4.86. The van der Waals surface area contributed by atoms with Crippen LogP contribution in [0.2, 0.25) is 0 Å². The summed E-state index contributed by atoms with van der Waals surface area (Å²) >= 11 is 0. The SMILES string of the molecule is COC[C@@H](C)NCc1ncc[nH]1. The Morgan fingerprint density at radius 2 is 2.58 bits per heavy atom. The first-order valence-electron chi connectivity index (χ1n) is 4.03. The molecule has 1 aromatic rings. The van der Waals surface area contributed by atoms with Gasteiger partial charge < -0.3 is 15.0 Å². The Bertz CT molecular complexity index is 198. The monoisotopic (exact) mass is 169 g/mol. The van der Waals surface area contributed by atoms with Gasteiger partial charge in [0.1, 0.15) is 5.82 Å². The molecule has 68 valence electrons. The average Bonchev–Trinajstić information content (AvgIpc) is 2.53. The van der Waals surface area contributed by atoms with Gasteiger partial charge in [-0.15, -0.1) is 0 Å². The molecule has 0 spiro atoms. The number of hydrogen-bond donors (Lipinski definition) is 2. The van der Waals surface area contributed by atoms with E-state index in [2.05, 4.69) is 22.2 Å². The minimum absolute atomic E-state index is 0.361. The Kier molecular flexibility index (Phi) is 3.76. The lowest BCUT2D eigenvalue weighted by Gasteiger charge is -2.10. The average molecular weight is 169 g/mol. The van der Waals surface area contributed by atoms with Crippen molar-refractivity contribution in [3.05, 3.63) is 18.2 Å². The van der Waals surface area contributed by atoms with E-state index in [1.54, 1.807) is 13.3 Å². The molecule has 0 fully saturated rings. The first kappa shape index (κ1) is 9.22. The molecule has 1 heterocycles. The lowest BCUT2D eigenvalue weighted by Crippen LogP contribution is -2.29. The third kappa shape index (κ3) is 3.02. The number of H-pyrrole nitrogens is 1. The standard InChI is InChI=1S/C8H15N3O/c1-7(6-12-2)11-5-8-9-3-4-10-8/h3-4,7,11H,5-6H2,1-2H3,(H,9,10)/t7-/m1/s1. The van der Waals surface area contributed by atoms with Crippen LogP contribution in [-0.4, -0.2) is 29.7 Å². The molecule has 1 rings (SSSR count). The van der Waals surface area contributed by atoms with E-state index in [4.69, 9.17) is 4.74 Å². The van der Waals surface area contributed by atoms with Gasteiger partial charge in [0.05, 0.1) is 13.2 Å². The molecule has 1 atom stereocenters. The van der Waals surface area contributed by atoms with E-state index in [9.17, 15) is 0 Å². The van der Waals surface area contributed by atoms with Crippen molar-refractivity contribution in [1.29, 1.82) is 0 Å². The molecular weight excluding hydrogens is 154 g/mol. The second-order valence-corrected chi connectivity index (χ2v) is 2.77. The summed E-state index contributed by atoms with van der Waals surface area (Å²) < 4.78 is 4.98. The van der Waals surface area contributed by atoms with E-state index < -0.39 is 0 Å². The molecule has 0 aromatic carbocycles. The Labute approximate surface area is 72.3 Å². The molecular formula is C8H15N3O. The molecule has 0 unspecified atom stereocenters. The molecule has 0 saturated carbocycles. The smallest absolute Gasteiger partial charge is 0.120 e. The van der Waals surface area contributed by atoms with Gasteiger partial charge in [0, 0.05) is 25.5 Å². The van der Waals surface area contributed by atoms with Crippen LogP contribution in [0, 0.1) is 0 Å². The van der Waals surface area contributed by atoms with Gasteiger partial charge in [0.25, 0.3) is 0 Å². The van der Waals surface area contributed by atoms with Crippen LogP contribution in [0.4, 0.5) is 0 Å². The zero-order chi connectivity index (χ0) is 8.81. The van der Waals surface area contributed by atoms with Crippen LogP contribution in [0.3, 0.4) is 0 Å². The van der Waals surface area contributed by atoms with E-state index >= 15 is 0 Å². The van der Waals surface area contributed by atoms with Crippen molar-refractivity contribution in [2.24, 2.45) is 0 Å². The largest absolute Gasteiger partial charge is 0.383 e. The Balaban J connectivity index is 2.17. The van der Waals surface area contributed by atoms with Gasteiger partial charge in [-0.3, -0.25) is 0 Å². The van der Waals surface area contributed by atoms with Gasteiger partial charge in [-0.1, -0.05) is 0 Å². The summed E-state index contributed by atoms with van der Waals surface area (Å²) in [5, 5.41) is 3.27. The highest BCUT2D eigenvalue weighted by atomic mass is 16.5. The molecule has 0 aliphatic carbocycles. The number of nitrogens with zero attached hydrogens (tertiary/aromatic N) is 1. The fraction of sp³-hybridized carbons (Fsp3) is 0.625. The van der Waals surface area contributed by atoms with E-state index in [1.807, 2.05) is 6.20 Å². The summed E-state index contributed by atoms with van der Waals surface area (Å²) in [5.41, 5.74) is 0. The third-order valence-corrected chi connectivity index (χ3v) is 1.59. The van der Waals surface area contributed by atoms with Crippen molar-refractivity contribution in [1.82, 2.24) is 15.3 Å². The Morgan fingerprint density at radius 3 is 3.17 bits per heavy atom. The minimum Gasteiger partial charge on any atom is -0.383 e. The zero-order valence-electron chi connectivity index (χ0n) is 7.50. The normalized spacial score (nSPS) is 13.2. The third-order valence-electron chi connectivity index (χ3n) is 1.59. The van der Waals surface area contributed by atoms with E-state index in [1.165, 1.54) is 0 Å². The number of nitrogens with one attached hydrogen (secondary N) is 2. The Morgan fingerprint density at radius 1 is 1.75 bits per heavy atom. The predicted octanol–water partition coefficient (Wildman–Crippen LogP) is 0.534. The molecule has 12 heavy (non-hydrogen) atoms. The highest BCUT2D eigenvalue weighted by Crippen LogP contribution is 1.89. The summed E-state index contributed by atoms with van der Waals surface area (Å²) in [6.07, 6.45) is 3.57. The summed E-state index contributed by atoms with van der Waals surface area (Å²) in [6.45, 7) is 3.56. The van der Waals surface area contributed by atoms with Gasteiger partial charge in [0.15, 0.2) is 0 Å². The maximum Gasteiger partial charge on any atom is 0.120 e. The van der Waals surface area contributed by atoms with Crippen LogP contribution in [-0.2, 0) is 11.3 Å². The van der Waals surface area contributed by atoms with E-state index in [0.29, 0.717) is 6.04 Å². The van der Waals surface area contributed by atoms with E-state index in [-0.39, 0.29) is 0 Å². The molecule has 0 radical (unpaired) electrons. The molecule has 2 N–H and O–H groups in total. The lowest BCUT2D eigenvalue weighted by atomic mass is 10.3. The van der Waals surface area contributed by atoms with Gasteiger partial charge in [-0.2, -0.15) is 0 Å². The second kappa shape index (κ2) is 4.90. The topological polar surface area (TPSA) is 49.9 Å². The van der Waals surface area contributed by atoms with Crippen molar-refractivity contribution < 1.29 is 4.74 Å². The van der Waals surface area contributed by atoms with Crippen LogP contribution >= 0.6 is 0 Å². The number of imidazole rings is 1. The summed E-state index contributed by atoms with van der Waals surface area (Å²) in [6, 6.07) is 0.361. The van der Waals surface area contributed by atoms with Crippen LogP contribution in [0.1, 0.15) is 12.7 Å². The minimum atomic E-state index is 0.361. The number of aromatic amines is 1. The van der Waals surface area contributed by atoms with Crippen molar-refractivity contribution >= 4 is 0 Å². The molecule has 0 saturated heterocycles. The van der Waals surface area contributed by atoms with Gasteiger partial charge in [0.2, 0.25) is 0 Å². The number of rotatable bonds is 5. The second-order valence-electron chi connectivity index (χ2n) is 2.77. The molecule has 0 aliphatic rings. The molecule has 0 amide bonds. The summed E-state index contributed by atoms with van der Waals surface area (Å²) in [7, 11) is 1.70. The van der Waals surface area contributed by atoms with Crippen LogP contribution < -0.4 is 5.32 Å². The highest BCUT2D eigenvalue weighted by Gasteiger charge is 2.00. The predicted molar refractivity (Wildman–Crippen MR) is 46.8 cm³/mol.